The van der Waals surface area contributed by atoms with E-state index in [1.807, 2.05) is 36.4 Å². The average Bonchev–Trinajstić information content (AvgIpc) is 2.69. The molecule has 150 valence electrons. The van der Waals surface area contributed by atoms with Crippen molar-refractivity contribution in [3.05, 3.63) is 57.6 Å². The second-order valence-corrected chi connectivity index (χ2v) is 7.84. The molecule has 0 aliphatic carbocycles. The molecule has 1 heterocycles. The van der Waals surface area contributed by atoms with Gasteiger partial charge >= 0.3 is 0 Å². The van der Waals surface area contributed by atoms with Gasteiger partial charge < -0.3 is 10.2 Å². The van der Waals surface area contributed by atoms with E-state index in [0.717, 1.165) is 66.5 Å². The van der Waals surface area contributed by atoms with Crippen LogP contribution in [0.1, 0.15) is 25.0 Å². The number of carbonyl (C=O) groups is 1. The van der Waals surface area contributed by atoms with Crippen LogP contribution in [0.25, 0.3) is 0 Å². The number of nitrogens with one attached hydrogen (secondary N) is 1. The molecular weight excluding hydrogens is 393 g/mol. The van der Waals surface area contributed by atoms with Crippen molar-refractivity contribution in [3.8, 4) is 0 Å². The summed E-state index contributed by atoms with van der Waals surface area (Å²) in [5.74, 6) is 0.0119. The molecule has 0 unspecified atom stereocenters. The number of amides is 1. The lowest BCUT2D eigenvalue weighted by Crippen LogP contribution is -2.48. The van der Waals surface area contributed by atoms with Gasteiger partial charge in [0.25, 0.3) is 0 Å². The van der Waals surface area contributed by atoms with Crippen LogP contribution in [-0.2, 0) is 17.6 Å². The van der Waals surface area contributed by atoms with Gasteiger partial charge in [0.05, 0.1) is 17.3 Å². The van der Waals surface area contributed by atoms with E-state index in [1.165, 1.54) is 0 Å². The van der Waals surface area contributed by atoms with Gasteiger partial charge in [0.1, 0.15) is 0 Å². The first-order valence-corrected chi connectivity index (χ1v) is 10.6. The predicted molar refractivity (Wildman–Crippen MR) is 119 cm³/mol. The van der Waals surface area contributed by atoms with E-state index in [4.69, 9.17) is 23.2 Å². The Morgan fingerprint density at radius 1 is 0.964 bits per heavy atom. The van der Waals surface area contributed by atoms with Crippen LogP contribution in [0.2, 0.25) is 10.0 Å². The lowest BCUT2D eigenvalue weighted by molar-refractivity contribution is -0.117. The molecule has 1 aliphatic rings. The van der Waals surface area contributed by atoms with Gasteiger partial charge in [-0.3, -0.25) is 9.69 Å². The Labute approximate surface area is 177 Å². The minimum Gasteiger partial charge on any atom is -0.368 e. The largest absolute Gasteiger partial charge is 0.368 e. The smallest absolute Gasteiger partial charge is 0.238 e. The second-order valence-electron chi connectivity index (χ2n) is 7.03. The number of benzene rings is 2. The van der Waals surface area contributed by atoms with Gasteiger partial charge in [-0.25, -0.2) is 0 Å². The van der Waals surface area contributed by atoms with Crippen LogP contribution in [0.15, 0.2) is 36.4 Å². The maximum absolute atomic E-state index is 12.7. The fraction of sp³-hybridized carbons (Fsp3) is 0.409. The molecule has 0 bridgehead atoms. The fourth-order valence-electron chi connectivity index (χ4n) is 3.70. The molecule has 0 aromatic heterocycles. The number of nitrogens with zero attached hydrogens (tertiary/aromatic N) is 2. The summed E-state index contributed by atoms with van der Waals surface area (Å²) in [6.07, 6.45) is 1.65. The van der Waals surface area contributed by atoms with Gasteiger partial charge in [-0.1, -0.05) is 55.2 Å². The summed E-state index contributed by atoms with van der Waals surface area (Å²) in [6.45, 7) is 7.90. The maximum Gasteiger partial charge on any atom is 0.238 e. The quantitative estimate of drug-likeness (QED) is 0.724. The van der Waals surface area contributed by atoms with E-state index < -0.39 is 0 Å². The van der Waals surface area contributed by atoms with Gasteiger partial charge in [0.15, 0.2) is 0 Å². The number of para-hydroxylation sites is 1. The zero-order valence-corrected chi connectivity index (χ0v) is 18.0. The molecule has 0 radical (unpaired) electrons. The zero-order valence-electron chi connectivity index (χ0n) is 16.5. The first-order chi connectivity index (χ1) is 13.5. The Bertz CT molecular complexity index is 833. The molecule has 6 heteroatoms. The molecule has 0 spiro atoms. The van der Waals surface area contributed by atoms with Crippen molar-refractivity contribution in [1.82, 2.24) is 4.90 Å². The zero-order chi connectivity index (χ0) is 20.1. The summed E-state index contributed by atoms with van der Waals surface area (Å²) < 4.78 is 0. The first kappa shape index (κ1) is 21.0. The third-order valence-electron chi connectivity index (χ3n) is 5.27. The van der Waals surface area contributed by atoms with E-state index in [-0.39, 0.29) is 5.91 Å². The SMILES string of the molecule is CCc1ccc(Cl)c(CC)c1NC(=O)CN1CCN(c2ccccc2Cl)CC1. The lowest BCUT2D eigenvalue weighted by Gasteiger charge is -2.36. The topological polar surface area (TPSA) is 35.6 Å². The number of aryl methyl sites for hydroxylation is 1. The minimum absolute atomic E-state index is 0.0119. The van der Waals surface area contributed by atoms with Crippen LogP contribution in [0, 0.1) is 0 Å². The van der Waals surface area contributed by atoms with E-state index >= 15 is 0 Å². The molecule has 28 heavy (non-hydrogen) atoms. The van der Waals surface area contributed by atoms with Crippen LogP contribution in [0.5, 0.6) is 0 Å². The number of piperazine rings is 1. The number of carbonyl (C=O) groups excluding carboxylic acids is 1. The van der Waals surface area contributed by atoms with Gasteiger partial charge in [-0.2, -0.15) is 0 Å². The van der Waals surface area contributed by atoms with Crippen LogP contribution >= 0.6 is 23.2 Å². The fourth-order valence-corrected chi connectivity index (χ4v) is 4.25. The maximum atomic E-state index is 12.7. The van der Waals surface area contributed by atoms with Gasteiger partial charge in [-0.15, -0.1) is 0 Å². The van der Waals surface area contributed by atoms with E-state index in [0.29, 0.717) is 11.6 Å². The van der Waals surface area contributed by atoms with Gasteiger partial charge in [-0.05, 0) is 42.2 Å². The van der Waals surface area contributed by atoms with Crippen LogP contribution in [-0.4, -0.2) is 43.5 Å². The Morgan fingerprint density at radius 2 is 1.68 bits per heavy atom. The molecule has 2 aromatic carbocycles. The van der Waals surface area contributed by atoms with Crippen molar-refractivity contribution < 1.29 is 4.79 Å². The third-order valence-corrected chi connectivity index (χ3v) is 5.95. The minimum atomic E-state index is 0.0119. The third kappa shape index (κ3) is 4.80. The molecular formula is C22H27Cl2N3O. The number of hydrogen-bond donors (Lipinski definition) is 1. The van der Waals surface area contributed by atoms with Crippen molar-refractivity contribution in [3.63, 3.8) is 0 Å². The normalized spacial score (nSPS) is 14.9. The molecule has 0 saturated carbocycles. The van der Waals surface area contributed by atoms with Crippen molar-refractivity contribution in [1.29, 1.82) is 0 Å². The predicted octanol–water partition coefficient (Wildman–Crippen LogP) is 4.88. The van der Waals surface area contributed by atoms with E-state index in [2.05, 4.69) is 29.0 Å². The molecule has 4 nitrogen and oxygen atoms in total. The van der Waals surface area contributed by atoms with Crippen LogP contribution < -0.4 is 10.2 Å². The van der Waals surface area contributed by atoms with Crippen molar-refractivity contribution in [2.24, 2.45) is 0 Å². The highest BCUT2D eigenvalue weighted by Crippen LogP contribution is 2.30. The standard InChI is InChI=1S/C22H27Cl2N3O/c1-3-16-9-10-18(23)17(4-2)22(16)25-21(28)15-26-11-13-27(14-12-26)20-8-6-5-7-19(20)24/h5-10H,3-4,11-15H2,1-2H3,(H,25,28). The Morgan fingerprint density at radius 3 is 2.32 bits per heavy atom. The highest BCUT2D eigenvalue weighted by molar-refractivity contribution is 6.33. The Hall–Kier alpha value is -1.75. The summed E-state index contributed by atoms with van der Waals surface area (Å²) in [5.41, 5.74) is 4.08. The van der Waals surface area contributed by atoms with Gasteiger partial charge in [0, 0.05) is 36.9 Å². The highest BCUT2D eigenvalue weighted by atomic mass is 35.5. The summed E-state index contributed by atoms with van der Waals surface area (Å²) in [5, 5.41) is 4.60. The molecule has 1 aliphatic heterocycles. The summed E-state index contributed by atoms with van der Waals surface area (Å²) in [6, 6.07) is 11.8. The van der Waals surface area contributed by atoms with Crippen LogP contribution in [0.3, 0.4) is 0 Å². The van der Waals surface area contributed by atoms with Crippen LogP contribution in [0.4, 0.5) is 11.4 Å². The van der Waals surface area contributed by atoms with Crippen molar-refractivity contribution in [2.75, 3.05) is 42.9 Å². The number of anilines is 2. The number of rotatable bonds is 6. The molecule has 3 rings (SSSR count). The molecule has 1 amide bonds. The lowest BCUT2D eigenvalue weighted by atomic mass is 10.0. The summed E-state index contributed by atoms with van der Waals surface area (Å²) in [4.78, 5) is 17.2. The monoisotopic (exact) mass is 419 g/mol. The van der Waals surface area contributed by atoms with Gasteiger partial charge in [0.2, 0.25) is 5.91 Å². The van der Waals surface area contributed by atoms with Crippen molar-refractivity contribution >= 4 is 40.5 Å². The molecule has 1 fully saturated rings. The number of halogens is 2. The Kier molecular flexibility index (Phi) is 7.22. The average molecular weight is 420 g/mol. The summed E-state index contributed by atoms with van der Waals surface area (Å²) >= 11 is 12.7. The number of hydrogen-bond acceptors (Lipinski definition) is 3. The first-order valence-electron chi connectivity index (χ1n) is 9.85. The molecule has 1 saturated heterocycles. The molecule has 1 N–H and O–H groups in total. The highest BCUT2D eigenvalue weighted by Gasteiger charge is 2.21. The molecule has 0 atom stereocenters. The second kappa shape index (κ2) is 9.64. The molecule has 2 aromatic rings. The summed E-state index contributed by atoms with van der Waals surface area (Å²) in [7, 11) is 0. The van der Waals surface area contributed by atoms with E-state index in [1.54, 1.807) is 0 Å². The van der Waals surface area contributed by atoms with E-state index in [9.17, 15) is 4.79 Å². The van der Waals surface area contributed by atoms with Crippen molar-refractivity contribution in [2.45, 2.75) is 26.7 Å². The Balaban J connectivity index is 1.60.